The SMILES string of the molecule is COc1cccc([C@@H](C)NC2CCCC2)c1. The maximum Gasteiger partial charge on any atom is 0.119 e. The normalized spacial score (nSPS) is 18.6. The summed E-state index contributed by atoms with van der Waals surface area (Å²) in [4.78, 5) is 0. The minimum absolute atomic E-state index is 0.415. The molecule has 0 unspecified atom stereocenters. The van der Waals surface area contributed by atoms with E-state index in [1.165, 1.54) is 31.2 Å². The number of benzene rings is 1. The van der Waals surface area contributed by atoms with E-state index in [0.717, 1.165) is 5.75 Å². The summed E-state index contributed by atoms with van der Waals surface area (Å²) in [7, 11) is 1.72. The number of methoxy groups -OCH3 is 1. The number of hydrogen-bond donors (Lipinski definition) is 1. The van der Waals surface area contributed by atoms with Gasteiger partial charge >= 0.3 is 0 Å². The maximum atomic E-state index is 5.25. The highest BCUT2D eigenvalue weighted by molar-refractivity contribution is 5.30. The van der Waals surface area contributed by atoms with Gasteiger partial charge in [-0.15, -0.1) is 0 Å². The van der Waals surface area contributed by atoms with Crippen LogP contribution in [0.1, 0.15) is 44.2 Å². The first kappa shape index (κ1) is 11.5. The Hall–Kier alpha value is -1.02. The molecule has 1 saturated carbocycles. The lowest BCUT2D eigenvalue weighted by Crippen LogP contribution is -2.28. The molecule has 1 aliphatic rings. The fourth-order valence-corrected chi connectivity index (χ4v) is 2.45. The molecule has 0 amide bonds. The summed E-state index contributed by atoms with van der Waals surface area (Å²) in [6, 6.07) is 9.45. The minimum Gasteiger partial charge on any atom is -0.497 e. The second kappa shape index (κ2) is 5.35. The summed E-state index contributed by atoms with van der Waals surface area (Å²) in [5.74, 6) is 0.942. The zero-order valence-corrected chi connectivity index (χ0v) is 10.2. The topological polar surface area (TPSA) is 21.3 Å². The lowest BCUT2D eigenvalue weighted by Gasteiger charge is -2.19. The Labute approximate surface area is 98.0 Å². The van der Waals surface area contributed by atoms with Crippen molar-refractivity contribution < 1.29 is 4.74 Å². The number of rotatable bonds is 4. The van der Waals surface area contributed by atoms with Crippen LogP contribution in [0.25, 0.3) is 0 Å². The average Bonchev–Trinajstić information content (AvgIpc) is 2.82. The van der Waals surface area contributed by atoms with Crippen molar-refractivity contribution in [3.8, 4) is 5.75 Å². The van der Waals surface area contributed by atoms with Gasteiger partial charge in [-0.05, 0) is 37.5 Å². The van der Waals surface area contributed by atoms with Crippen LogP contribution in [0, 0.1) is 0 Å². The van der Waals surface area contributed by atoms with Crippen molar-refractivity contribution in [2.45, 2.75) is 44.7 Å². The van der Waals surface area contributed by atoms with Gasteiger partial charge < -0.3 is 10.1 Å². The Kier molecular flexibility index (Phi) is 3.83. The Morgan fingerprint density at radius 1 is 1.31 bits per heavy atom. The molecule has 1 aliphatic carbocycles. The van der Waals surface area contributed by atoms with Crippen molar-refractivity contribution in [1.29, 1.82) is 0 Å². The van der Waals surface area contributed by atoms with E-state index < -0.39 is 0 Å². The van der Waals surface area contributed by atoms with Gasteiger partial charge in [0.2, 0.25) is 0 Å². The van der Waals surface area contributed by atoms with Gasteiger partial charge in [-0.25, -0.2) is 0 Å². The molecule has 2 heteroatoms. The van der Waals surface area contributed by atoms with Gasteiger partial charge in [-0.3, -0.25) is 0 Å². The van der Waals surface area contributed by atoms with E-state index in [9.17, 15) is 0 Å². The molecule has 0 saturated heterocycles. The largest absolute Gasteiger partial charge is 0.497 e. The predicted molar refractivity (Wildman–Crippen MR) is 66.8 cm³/mol. The summed E-state index contributed by atoms with van der Waals surface area (Å²) in [5, 5.41) is 3.69. The molecule has 0 spiro atoms. The number of nitrogens with one attached hydrogen (secondary N) is 1. The van der Waals surface area contributed by atoms with Crippen LogP contribution in [0.3, 0.4) is 0 Å². The molecular weight excluding hydrogens is 198 g/mol. The summed E-state index contributed by atoms with van der Waals surface area (Å²) in [6.07, 6.45) is 5.41. The highest BCUT2D eigenvalue weighted by atomic mass is 16.5. The molecule has 0 aliphatic heterocycles. The molecule has 16 heavy (non-hydrogen) atoms. The lowest BCUT2D eigenvalue weighted by atomic mass is 10.1. The van der Waals surface area contributed by atoms with Crippen molar-refractivity contribution in [2.75, 3.05) is 7.11 Å². The quantitative estimate of drug-likeness (QED) is 0.839. The second-order valence-corrected chi connectivity index (χ2v) is 4.65. The minimum atomic E-state index is 0.415. The predicted octanol–water partition coefficient (Wildman–Crippen LogP) is 3.29. The van der Waals surface area contributed by atoms with Crippen LogP contribution in [-0.2, 0) is 0 Å². The molecule has 0 heterocycles. The molecule has 0 radical (unpaired) electrons. The third-order valence-electron chi connectivity index (χ3n) is 3.43. The fourth-order valence-electron chi connectivity index (χ4n) is 2.45. The van der Waals surface area contributed by atoms with E-state index in [0.29, 0.717) is 12.1 Å². The third kappa shape index (κ3) is 2.76. The van der Waals surface area contributed by atoms with Crippen LogP contribution in [0.5, 0.6) is 5.75 Å². The van der Waals surface area contributed by atoms with E-state index in [1.54, 1.807) is 7.11 Å². The standard InChI is InChI=1S/C14H21NO/c1-11(15-13-7-3-4-8-13)12-6-5-9-14(10-12)16-2/h5-6,9-11,13,15H,3-4,7-8H2,1-2H3/t11-/m1/s1. The van der Waals surface area contributed by atoms with E-state index >= 15 is 0 Å². The van der Waals surface area contributed by atoms with Gasteiger partial charge in [-0.1, -0.05) is 25.0 Å². The van der Waals surface area contributed by atoms with Crippen molar-refractivity contribution >= 4 is 0 Å². The molecular formula is C14H21NO. The van der Waals surface area contributed by atoms with Crippen LogP contribution >= 0.6 is 0 Å². The van der Waals surface area contributed by atoms with Crippen LogP contribution in [0.15, 0.2) is 24.3 Å². The Morgan fingerprint density at radius 2 is 2.06 bits per heavy atom. The molecule has 1 atom stereocenters. The summed E-state index contributed by atoms with van der Waals surface area (Å²) < 4.78 is 5.25. The fraction of sp³-hybridized carbons (Fsp3) is 0.571. The summed E-state index contributed by atoms with van der Waals surface area (Å²) >= 11 is 0. The summed E-state index contributed by atoms with van der Waals surface area (Å²) in [5.41, 5.74) is 1.31. The molecule has 2 rings (SSSR count). The van der Waals surface area contributed by atoms with Gasteiger partial charge in [0.15, 0.2) is 0 Å². The molecule has 2 nitrogen and oxygen atoms in total. The zero-order valence-electron chi connectivity index (χ0n) is 10.2. The van der Waals surface area contributed by atoms with Crippen LogP contribution in [0.2, 0.25) is 0 Å². The van der Waals surface area contributed by atoms with E-state index in [4.69, 9.17) is 4.74 Å². The van der Waals surface area contributed by atoms with Crippen LogP contribution in [-0.4, -0.2) is 13.2 Å². The molecule has 0 bridgehead atoms. The first-order chi connectivity index (χ1) is 7.79. The average molecular weight is 219 g/mol. The van der Waals surface area contributed by atoms with Crippen molar-refractivity contribution in [3.05, 3.63) is 29.8 Å². The van der Waals surface area contributed by atoms with Crippen molar-refractivity contribution in [2.24, 2.45) is 0 Å². The van der Waals surface area contributed by atoms with Gasteiger partial charge in [0.1, 0.15) is 5.75 Å². The first-order valence-electron chi connectivity index (χ1n) is 6.19. The first-order valence-corrected chi connectivity index (χ1v) is 6.19. The van der Waals surface area contributed by atoms with Crippen molar-refractivity contribution in [3.63, 3.8) is 0 Å². The Balaban J connectivity index is 1.98. The smallest absolute Gasteiger partial charge is 0.119 e. The van der Waals surface area contributed by atoms with Gasteiger partial charge in [0, 0.05) is 12.1 Å². The maximum absolute atomic E-state index is 5.25. The summed E-state index contributed by atoms with van der Waals surface area (Å²) in [6.45, 7) is 2.23. The molecule has 1 aromatic rings. The van der Waals surface area contributed by atoms with E-state index in [-0.39, 0.29) is 0 Å². The van der Waals surface area contributed by atoms with Gasteiger partial charge in [0.25, 0.3) is 0 Å². The van der Waals surface area contributed by atoms with Crippen LogP contribution in [0.4, 0.5) is 0 Å². The molecule has 1 N–H and O–H groups in total. The molecule has 88 valence electrons. The monoisotopic (exact) mass is 219 g/mol. The molecule has 1 fully saturated rings. The van der Waals surface area contributed by atoms with Crippen molar-refractivity contribution in [1.82, 2.24) is 5.32 Å². The highest BCUT2D eigenvalue weighted by Crippen LogP contribution is 2.23. The van der Waals surface area contributed by atoms with Crippen LogP contribution < -0.4 is 10.1 Å². The van der Waals surface area contributed by atoms with Gasteiger partial charge in [0.05, 0.1) is 7.11 Å². The van der Waals surface area contributed by atoms with E-state index in [2.05, 4.69) is 30.4 Å². The second-order valence-electron chi connectivity index (χ2n) is 4.65. The number of hydrogen-bond acceptors (Lipinski definition) is 2. The highest BCUT2D eigenvalue weighted by Gasteiger charge is 2.17. The zero-order chi connectivity index (χ0) is 11.4. The molecule has 0 aromatic heterocycles. The van der Waals surface area contributed by atoms with E-state index in [1.807, 2.05) is 6.07 Å². The number of ether oxygens (including phenoxy) is 1. The lowest BCUT2D eigenvalue weighted by molar-refractivity contribution is 0.411. The Bertz CT molecular complexity index is 331. The Morgan fingerprint density at radius 3 is 2.75 bits per heavy atom. The molecule has 1 aromatic carbocycles. The van der Waals surface area contributed by atoms with Gasteiger partial charge in [-0.2, -0.15) is 0 Å². The third-order valence-corrected chi connectivity index (χ3v) is 3.43.